The highest BCUT2D eigenvalue weighted by Crippen LogP contribution is 2.33. The first-order valence-electron chi connectivity index (χ1n) is 10.4. The number of nitrogens with one attached hydrogen (secondary N) is 2. The molecule has 33 heavy (non-hydrogen) atoms. The van der Waals surface area contributed by atoms with E-state index < -0.39 is 0 Å². The number of rotatable bonds is 4. The van der Waals surface area contributed by atoms with Crippen LogP contribution in [0.5, 0.6) is 0 Å². The molecule has 0 amide bonds. The zero-order chi connectivity index (χ0) is 22.4. The van der Waals surface area contributed by atoms with Crippen molar-refractivity contribution in [3.8, 4) is 22.6 Å². The number of aromatic amines is 2. The summed E-state index contributed by atoms with van der Waals surface area (Å²) in [5.41, 5.74) is 9.14. The molecule has 5 aromatic rings. The summed E-state index contributed by atoms with van der Waals surface area (Å²) < 4.78 is 4.70. The van der Waals surface area contributed by atoms with E-state index in [0.717, 1.165) is 44.6 Å². The normalized spacial score (nSPS) is 13.6. The van der Waals surface area contributed by atoms with E-state index in [1.165, 1.54) is 16.8 Å². The van der Waals surface area contributed by atoms with Crippen LogP contribution in [0.1, 0.15) is 5.56 Å². The summed E-state index contributed by atoms with van der Waals surface area (Å²) in [5, 5.41) is 8.79. The molecular weight excluding hydrogens is 525 g/mol. The van der Waals surface area contributed by atoms with Crippen LogP contribution in [0.2, 0.25) is 0 Å². The molecule has 0 bridgehead atoms. The number of benzene rings is 1. The summed E-state index contributed by atoms with van der Waals surface area (Å²) in [4.78, 5) is 19.1. The van der Waals surface area contributed by atoms with Crippen molar-refractivity contribution in [2.45, 2.75) is 0 Å². The molecule has 1 aromatic carbocycles. The van der Waals surface area contributed by atoms with E-state index in [0.29, 0.717) is 0 Å². The predicted octanol–water partition coefficient (Wildman–Crippen LogP) is 5.14. The third-order valence-corrected chi connectivity index (χ3v) is 7.69. The van der Waals surface area contributed by atoms with Crippen LogP contribution in [-0.4, -0.2) is 53.1 Å². The summed E-state index contributed by atoms with van der Waals surface area (Å²) in [7, 11) is 4.17. The number of nitrogens with zero attached hydrogens (tertiary/aromatic N) is 5. The predicted molar refractivity (Wildman–Crippen MR) is 142 cm³/mol. The third-order valence-electron chi connectivity index (χ3n) is 5.66. The van der Waals surface area contributed by atoms with Gasteiger partial charge < -0.3 is 9.88 Å². The molecule has 1 aliphatic rings. The summed E-state index contributed by atoms with van der Waals surface area (Å²) in [6.45, 7) is 0. The summed E-state index contributed by atoms with van der Waals surface area (Å²) in [6.07, 6.45) is 9.46. The number of allylic oxidation sites excluding steroid dienone is 3. The molecule has 0 saturated heterocycles. The number of imidazole rings is 1. The molecule has 162 valence electrons. The standard InChI is InChI=1S/C25H20IN7/c1-33(2)18-8-17(10-26-11-18)15-5-6-21-19(9-15)24(32-31-21)25-29-22-14-28-13-20(23(22)30-25)16-4-3-7-27-12-16/h3-14H,1-2H3,(H,29,30)(H,31,32). The smallest absolute Gasteiger partial charge is 0.159 e. The van der Waals surface area contributed by atoms with Crippen molar-refractivity contribution >= 4 is 52.3 Å². The first-order valence-corrected chi connectivity index (χ1v) is 12.9. The number of hydrogen-bond donors (Lipinski definition) is 2. The number of aromatic nitrogens is 6. The van der Waals surface area contributed by atoms with Crippen LogP contribution in [0.15, 0.2) is 71.0 Å². The molecule has 6 rings (SSSR count). The van der Waals surface area contributed by atoms with Gasteiger partial charge in [0.2, 0.25) is 0 Å². The van der Waals surface area contributed by atoms with Gasteiger partial charge in [-0.2, -0.15) is 5.10 Å². The van der Waals surface area contributed by atoms with Crippen LogP contribution >= 0.6 is 20.7 Å². The van der Waals surface area contributed by atoms with Crippen molar-refractivity contribution in [3.63, 3.8) is 0 Å². The highest BCUT2D eigenvalue weighted by molar-refractivity contribution is 14.2. The number of halogens is 1. The largest absolute Gasteiger partial charge is 0.377 e. The lowest BCUT2D eigenvalue weighted by atomic mass is 10.0. The number of fused-ring (bicyclic) bond motifs is 2. The van der Waals surface area contributed by atoms with Gasteiger partial charge >= 0.3 is 0 Å². The Labute approximate surface area is 200 Å². The summed E-state index contributed by atoms with van der Waals surface area (Å²) in [6, 6.07) is 10.4. The van der Waals surface area contributed by atoms with Crippen molar-refractivity contribution in [1.82, 2.24) is 35.0 Å². The Balaban J connectivity index is 1.47. The molecule has 8 heteroatoms. The number of pyridine rings is 2. The maximum Gasteiger partial charge on any atom is 0.159 e. The second-order valence-corrected chi connectivity index (χ2v) is 9.97. The molecule has 0 unspecified atom stereocenters. The summed E-state index contributed by atoms with van der Waals surface area (Å²) >= 11 is -0.102. The molecule has 0 fully saturated rings. The Bertz CT molecular complexity index is 1590. The van der Waals surface area contributed by atoms with Crippen molar-refractivity contribution in [2.75, 3.05) is 14.1 Å². The molecular formula is C25H20IN7. The Kier molecular flexibility index (Phi) is 4.87. The fourth-order valence-electron chi connectivity index (χ4n) is 3.91. The zero-order valence-electron chi connectivity index (χ0n) is 18.0. The van der Waals surface area contributed by atoms with E-state index in [-0.39, 0.29) is 20.7 Å². The van der Waals surface area contributed by atoms with Crippen LogP contribution in [0.4, 0.5) is 0 Å². The van der Waals surface area contributed by atoms with Crippen molar-refractivity contribution in [1.29, 1.82) is 0 Å². The number of H-pyrrole nitrogens is 2. The van der Waals surface area contributed by atoms with Crippen molar-refractivity contribution in [2.24, 2.45) is 0 Å². The van der Waals surface area contributed by atoms with Crippen LogP contribution in [0.25, 0.3) is 50.2 Å². The Morgan fingerprint density at radius 3 is 2.76 bits per heavy atom. The maximum atomic E-state index is 4.92. The van der Waals surface area contributed by atoms with E-state index in [2.05, 4.69) is 76.5 Å². The average Bonchev–Trinajstić information content (AvgIpc) is 3.48. The lowest BCUT2D eigenvalue weighted by molar-refractivity contribution is 0.544. The van der Waals surface area contributed by atoms with Gasteiger partial charge in [0, 0.05) is 54.9 Å². The molecule has 4 aromatic heterocycles. The summed E-state index contributed by atoms with van der Waals surface area (Å²) in [5.74, 6) is 0.717. The second-order valence-electron chi connectivity index (χ2n) is 8.01. The second kappa shape index (κ2) is 8.04. The minimum Gasteiger partial charge on any atom is -0.377 e. The minimum absolute atomic E-state index is 0.102. The average molecular weight is 545 g/mol. The lowest BCUT2D eigenvalue weighted by Crippen LogP contribution is -2.12. The van der Waals surface area contributed by atoms with Gasteiger partial charge in [0.05, 0.1) is 17.2 Å². The Morgan fingerprint density at radius 2 is 1.91 bits per heavy atom. The first kappa shape index (κ1) is 20.0. The zero-order valence-corrected chi connectivity index (χ0v) is 20.2. The molecule has 1 aliphatic heterocycles. The van der Waals surface area contributed by atoms with Crippen LogP contribution in [0.3, 0.4) is 0 Å². The van der Waals surface area contributed by atoms with Gasteiger partial charge in [-0.15, -0.1) is 0 Å². The van der Waals surface area contributed by atoms with Gasteiger partial charge in [-0.05, 0) is 43.5 Å². The molecule has 5 heterocycles. The van der Waals surface area contributed by atoms with Gasteiger partial charge in [0.25, 0.3) is 0 Å². The monoisotopic (exact) mass is 545 g/mol. The van der Waals surface area contributed by atoms with Crippen molar-refractivity contribution < 1.29 is 0 Å². The SMILES string of the molecule is CN(C)C1=CC(c2ccc3[nH]nc(-c4nc5c(-c6cccnc6)cncc5[nH]4)c3c2)=CI=C1. The van der Waals surface area contributed by atoms with Crippen LogP contribution in [0, 0.1) is 0 Å². The Hall–Kier alpha value is -3.66. The van der Waals surface area contributed by atoms with E-state index in [1.54, 1.807) is 12.4 Å². The molecule has 2 N–H and O–H groups in total. The van der Waals surface area contributed by atoms with Gasteiger partial charge in [0.1, 0.15) is 11.2 Å². The highest BCUT2D eigenvalue weighted by atomic mass is 127. The van der Waals surface area contributed by atoms with Gasteiger partial charge in [-0.25, -0.2) is 4.98 Å². The fourth-order valence-corrected chi connectivity index (χ4v) is 6.12. The molecule has 0 aliphatic carbocycles. The molecule has 0 atom stereocenters. The maximum absolute atomic E-state index is 4.92. The van der Waals surface area contributed by atoms with Gasteiger partial charge in [0.15, 0.2) is 5.82 Å². The van der Waals surface area contributed by atoms with Crippen LogP contribution < -0.4 is 0 Å². The van der Waals surface area contributed by atoms with E-state index in [1.807, 2.05) is 24.5 Å². The quantitative estimate of drug-likeness (QED) is 0.306. The molecule has 0 radical (unpaired) electrons. The Morgan fingerprint density at radius 1 is 0.970 bits per heavy atom. The van der Waals surface area contributed by atoms with E-state index in [4.69, 9.17) is 4.98 Å². The lowest BCUT2D eigenvalue weighted by Gasteiger charge is -2.16. The van der Waals surface area contributed by atoms with Gasteiger partial charge in [-0.1, -0.05) is 32.9 Å². The molecule has 0 spiro atoms. The number of hydrogen-bond acceptors (Lipinski definition) is 5. The topological polar surface area (TPSA) is 86.4 Å². The van der Waals surface area contributed by atoms with Crippen molar-refractivity contribution in [3.05, 3.63) is 76.5 Å². The molecule has 0 saturated carbocycles. The molecule has 7 nitrogen and oxygen atoms in total. The minimum atomic E-state index is -0.102. The van der Waals surface area contributed by atoms with Gasteiger partial charge in [-0.3, -0.25) is 15.1 Å². The van der Waals surface area contributed by atoms with Crippen LogP contribution in [-0.2, 0) is 0 Å². The fraction of sp³-hybridized carbons (Fsp3) is 0.0800. The van der Waals surface area contributed by atoms with E-state index in [9.17, 15) is 0 Å². The van der Waals surface area contributed by atoms with E-state index >= 15 is 0 Å². The highest BCUT2D eigenvalue weighted by Gasteiger charge is 2.16. The third kappa shape index (κ3) is 3.56. The first-order chi connectivity index (χ1) is 16.2.